The number of benzene rings is 1. The van der Waals surface area contributed by atoms with Gasteiger partial charge in [-0.05, 0) is 36.6 Å². The third kappa shape index (κ3) is 5.22. The number of rotatable bonds is 6. The van der Waals surface area contributed by atoms with Gasteiger partial charge < -0.3 is 15.1 Å². The van der Waals surface area contributed by atoms with Gasteiger partial charge in [-0.25, -0.2) is 4.98 Å². The molecule has 1 N–H and O–H groups in total. The summed E-state index contributed by atoms with van der Waals surface area (Å²) in [5.74, 6) is 1.05. The predicted octanol–water partition coefficient (Wildman–Crippen LogP) is 1.68. The monoisotopic (exact) mass is 421 g/mol. The highest BCUT2D eigenvalue weighted by atomic mass is 16.2. The van der Waals surface area contributed by atoms with Crippen LogP contribution in [0.5, 0.6) is 0 Å². The molecule has 7 nitrogen and oxygen atoms in total. The first-order chi connectivity index (χ1) is 15.1. The average molecular weight is 422 g/mol. The molecule has 31 heavy (non-hydrogen) atoms. The van der Waals surface area contributed by atoms with Crippen LogP contribution in [0.2, 0.25) is 0 Å². The van der Waals surface area contributed by atoms with E-state index in [2.05, 4.69) is 44.4 Å². The number of carbonyl (C=O) groups is 2. The van der Waals surface area contributed by atoms with Crippen molar-refractivity contribution < 1.29 is 9.59 Å². The van der Waals surface area contributed by atoms with Crippen molar-refractivity contribution in [2.75, 3.05) is 44.2 Å². The van der Waals surface area contributed by atoms with Gasteiger partial charge in [0, 0.05) is 58.4 Å². The topological polar surface area (TPSA) is 68.8 Å². The zero-order valence-electron chi connectivity index (χ0n) is 18.2. The fourth-order valence-electron chi connectivity index (χ4n) is 4.34. The van der Waals surface area contributed by atoms with Gasteiger partial charge in [0.15, 0.2) is 0 Å². The van der Waals surface area contributed by atoms with Gasteiger partial charge in [0.05, 0.1) is 6.04 Å². The molecule has 2 aromatic rings. The molecule has 3 heterocycles. The molecule has 1 unspecified atom stereocenters. The van der Waals surface area contributed by atoms with Crippen molar-refractivity contribution in [2.24, 2.45) is 0 Å². The van der Waals surface area contributed by atoms with Crippen molar-refractivity contribution in [3.05, 3.63) is 59.8 Å². The molecule has 4 rings (SSSR count). The van der Waals surface area contributed by atoms with E-state index in [4.69, 9.17) is 0 Å². The van der Waals surface area contributed by atoms with Crippen molar-refractivity contribution in [3.63, 3.8) is 0 Å². The molecular formula is C24H31N5O2. The molecule has 1 aromatic heterocycles. The van der Waals surface area contributed by atoms with E-state index in [1.807, 2.05) is 30.0 Å². The molecule has 164 valence electrons. The number of pyridine rings is 1. The van der Waals surface area contributed by atoms with E-state index in [1.165, 1.54) is 11.1 Å². The summed E-state index contributed by atoms with van der Waals surface area (Å²) in [6, 6.07) is 14.1. The third-order valence-electron chi connectivity index (χ3n) is 6.33. The fraction of sp³-hybridized carbons (Fsp3) is 0.458. The Hall–Kier alpha value is -2.93. The Kier molecular flexibility index (Phi) is 6.82. The van der Waals surface area contributed by atoms with Crippen molar-refractivity contribution >= 4 is 17.6 Å². The van der Waals surface area contributed by atoms with Crippen molar-refractivity contribution in [3.8, 4) is 0 Å². The van der Waals surface area contributed by atoms with Gasteiger partial charge in [-0.2, -0.15) is 0 Å². The summed E-state index contributed by atoms with van der Waals surface area (Å²) < 4.78 is 0. The number of hydrogen-bond donors (Lipinski definition) is 1. The highest BCUT2D eigenvalue weighted by molar-refractivity contribution is 5.82. The second-order valence-electron chi connectivity index (χ2n) is 8.26. The van der Waals surface area contributed by atoms with E-state index in [9.17, 15) is 9.59 Å². The second-order valence-corrected chi connectivity index (χ2v) is 8.26. The summed E-state index contributed by atoms with van der Waals surface area (Å²) in [6.07, 6.45) is 3.10. The normalized spacial score (nSPS) is 17.7. The van der Waals surface area contributed by atoms with Crippen LogP contribution in [0.25, 0.3) is 0 Å². The number of anilines is 1. The van der Waals surface area contributed by atoms with Crippen LogP contribution in [0, 0.1) is 0 Å². The maximum atomic E-state index is 12.6. The van der Waals surface area contributed by atoms with Gasteiger partial charge in [0.2, 0.25) is 11.8 Å². The van der Waals surface area contributed by atoms with E-state index in [1.54, 1.807) is 6.20 Å². The number of nitrogens with one attached hydrogen (secondary N) is 1. The number of nitrogens with zero attached hydrogens (tertiary/aromatic N) is 4. The summed E-state index contributed by atoms with van der Waals surface area (Å²) in [5, 5.41) is 2.96. The smallest absolute Gasteiger partial charge is 0.237 e. The number of amides is 2. The Bertz CT molecular complexity index is 896. The Morgan fingerprint density at radius 2 is 1.74 bits per heavy atom. The molecule has 7 heteroatoms. The van der Waals surface area contributed by atoms with Crippen LogP contribution >= 0.6 is 0 Å². The van der Waals surface area contributed by atoms with E-state index in [0.29, 0.717) is 26.1 Å². The zero-order chi connectivity index (χ0) is 21.6. The lowest BCUT2D eigenvalue weighted by Crippen LogP contribution is -2.50. The van der Waals surface area contributed by atoms with E-state index in [-0.39, 0.29) is 17.9 Å². The molecule has 1 aromatic carbocycles. The van der Waals surface area contributed by atoms with Crippen LogP contribution in [0.15, 0.2) is 48.7 Å². The summed E-state index contributed by atoms with van der Waals surface area (Å²) in [4.78, 5) is 35.9. The van der Waals surface area contributed by atoms with Crippen LogP contribution in [-0.2, 0) is 22.6 Å². The van der Waals surface area contributed by atoms with E-state index < -0.39 is 0 Å². The van der Waals surface area contributed by atoms with Gasteiger partial charge >= 0.3 is 0 Å². The van der Waals surface area contributed by atoms with E-state index >= 15 is 0 Å². The molecule has 0 aliphatic carbocycles. The molecule has 2 aliphatic heterocycles. The van der Waals surface area contributed by atoms with Crippen molar-refractivity contribution in [2.45, 2.75) is 32.4 Å². The SMILES string of the molecule is CC(C(=O)NCCC(=O)N1CCN(c2ccccn2)CC1)N1CCc2ccccc2C1. The molecule has 2 aliphatic rings. The first kappa shape index (κ1) is 21.3. The minimum Gasteiger partial charge on any atom is -0.354 e. The molecule has 2 amide bonds. The third-order valence-corrected chi connectivity index (χ3v) is 6.33. The summed E-state index contributed by atoms with van der Waals surface area (Å²) in [5.41, 5.74) is 2.67. The first-order valence-electron chi connectivity index (χ1n) is 11.1. The molecule has 0 spiro atoms. The second kappa shape index (κ2) is 9.92. The summed E-state index contributed by atoms with van der Waals surface area (Å²) in [7, 11) is 0. The molecule has 0 saturated carbocycles. The molecule has 1 saturated heterocycles. The number of hydrogen-bond acceptors (Lipinski definition) is 5. The zero-order valence-corrected chi connectivity index (χ0v) is 18.2. The van der Waals surface area contributed by atoms with Gasteiger partial charge in [-0.15, -0.1) is 0 Å². The molecule has 1 fully saturated rings. The Morgan fingerprint density at radius 1 is 1.00 bits per heavy atom. The Morgan fingerprint density at radius 3 is 2.48 bits per heavy atom. The lowest BCUT2D eigenvalue weighted by atomic mass is 9.99. The lowest BCUT2D eigenvalue weighted by molar-refractivity contribution is -0.131. The number of aromatic nitrogens is 1. The molecular weight excluding hydrogens is 390 g/mol. The van der Waals surface area contributed by atoms with Crippen LogP contribution in [0.1, 0.15) is 24.5 Å². The number of carbonyl (C=O) groups excluding carboxylic acids is 2. The summed E-state index contributed by atoms with van der Waals surface area (Å²) >= 11 is 0. The molecule has 0 radical (unpaired) electrons. The highest BCUT2D eigenvalue weighted by Gasteiger charge is 2.26. The van der Waals surface area contributed by atoms with Crippen molar-refractivity contribution in [1.82, 2.24) is 20.1 Å². The number of piperazine rings is 1. The maximum absolute atomic E-state index is 12.6. The van der Waals surface area contributed by atoms with Gasteiger partial charge in [-0.1, -0.05) is 30.3 Å². The minimum atomic E-state index is -0.203. The standard InChI is InChI=1S/C24H31N5O2/c1-19(29-13-10-20-6-2-3-7-21(20)18-29)24(31)26-12-9-23(30)28-16-14-27(15-17-28)22-8-4-5-11-25-22/h2-8,11,19H,9-10,12-18H2,1H3,(H,26,31). The average Bonchev–Trinajstić information content (AvgIpc) is 2.83. The Labute approximate surface area is 184 Å². The van der Waals surface area contributed by atoms with Crippen LogP contribution < -0.4 is 10.2 Å². The van der Waals surface area contributed by atoms with Crippen LogP contribution in [0.4, 0.5) is 5.82 Å². The van der Waals surface area contributed by atoms with Gasteiger partial charge in [-0.3, -0.25) is 14.5 Å². The Balaban J connectivity index is 1.18. The van der Waals surface area contributed by atoms with E-state index in [0.717, 1.165) is 38.4 Å². The van der Waals surface area contributed by atoms with Gasteiger partial charge in [0.1, 0.15) is 5.82 Å². The first-order valence-corrected chi connectivity index (χ1v) is 11.1. The predicted molar refractivity (Wildman–Crippen MR) is 121 cm³/mol. The largest absolute Gasteiger partial charge is 0.354 e. The van der Waals surface area contributed by atoms with Crippen LogP contribution in [0.3, 0.4) is 0 Å². The number of fused-ring (bicyclic) bond motifs is 1. The molecule has 1 atom stereocenters. The maximum Gasteiger partial charge on any atom is 0.237 e. The van der Waals surface area contributed by atoms with Crippen molar-refractivity contribution in [1.29, 1.82) is 0 Å². The highest BCUT2D eigenvalue weighted by Crippen LogP contribution is 2.20. The quantitative estimate of drug-likeness (QED) is 0.769. The lowest BCUT2D eigenvalue weighted by Gasteiger charge is -2.35. The summed E-state index contributed by atoms with van der Waals surface area (Å²) in [6.45, 7) is 6.94. The minimum absolute atomic E-state index is 0.00727. The van der Waals surface area contributed by atoms with Crippen LogP contribution in [-0.4, -0.2) is 71.9 Å². The molecule has 0 bridgehead atoms. The fourth-order valence-corrected chi connectivity index (χ4v) is 4.34. The van der Waals surface area contributed by atoms with Gasteiger partial charge in [0.25, 0.3) is 0 Å².